The zero-order valence-corrected chi connectivity index (χ0v) is 15.9. The molecule has 1 fully saturated rings. The average Bonchev–Trinajstić information content (AvgIpc) is 3.13. The monoisotopic (exact) mass is 390 g/mol. The molecule has 0 radical (unpaired) electrons. The highest BCUT2D eigenvalue weighted by Crippen LogP contribution is 2.23. The molecule has 1 aliphatic rings. The van der Waals surface area contributed by atoms with Crippen LogP contribution in [0.25, 0.3) is 0 Å². The van der Waals surface area contributed by atoms with Crippen LogP contribution in [0.3, 0.4) is 0 Å². The number of carbonyl (C=O) groups excluding carboxylic acids is 2. The summed E-state index contributed by atoms with van der Waals surface area (Å²) in [5, 5.41) is 6.72. The molecule has 2 aromatic rings. The molecule has 8 nitrogen and oxygen atoms in total. The van der Waals surface area contributed by atoms with Gasteiger partial charge >= 0.3 is 0 Å². The summed E-state index contributed by atoms with van der Waals surface area (Å²) in [5.74, 6) is -0.183. The quantitative estimate of drug-likeness (QED) is 0.688. The van der Waals surface area contributed by atoms with Crippen molar-refractivity contribution < 1.29 is 18.0 Å². The summed E-state index contributed by atoms with van der Waals surface area (Å²) in [7, 11) is -1.97. The number of likely N-dealkylation sites (tertiary alicyclic amines) is 1. The van der Waals surface area contributed by atoms with E-state index in [9.17, 15) is 18.0 Å². The average molecular weight is 390 g/mol. The van der Waals surface area contributed by atoms with Gasteiger partial charge in [-0.1, -0.05) is 30.3 Å². The second-order valence-electron chi connectivity index (χ2n) is 6.64. The lowest BCUT2D eigenvalue weighted by atomic mass is 10.1. The van der Waals surface area contributed by atoms with Crippen LogP contribution >= 0.6 is 0 Å². The van der Waals surface area contributed by atoms with Crippen LogP contribution in [0.2, 0.25) is 0 Å². The lowest BCUT2D eigenvalue weighted by Crippen LogP contribution is -2.43. The Hall–Kier alpha value is -2.55. The number of Topliss-reactive ketones (excluding diaryl/α,β-unsaturated/α-hetero) is 1. The summed E-state index contributed by atoms with van der Waals surface area (Å²) in [5.41, 5.74) is 0.596. The first kappa shape index (κ1) is 19.2. The lowest BCUT2D eigenvalue weighted by Gasteiger charge is -2.31. The third-order valence-electron chi connectivity index (χ3n) is 4.82. The number of hydrogen-bond donors (Lipinski definition) is 0. The summed E-state index contributed by atoms with van der Waals surface area (Å²) >= 11 is 0. The van der Waals surface area contributed by atoms with E-state index >= 15 is 0 Å². The highest BCUT2D eigenvalue weighted by atomic mass is 32.2. The van der Waals surface area contributed by atoms with Gasteiger partial charge in [0.2, 0.25) is 20.9 Å². The molecule has 0 atom stereocenters. The fourth-order valence-corrected chi connectivity index (χ4v) is 4.98. The maximum atomic E-state index is 12.6. The van der Waals surface area contributed by atoms with Crippen molar-refractivity contribution in [3.05, 3.63) is 42.2 Å². The molecule has 9 heteroatoms. The Labute approximate surface area is 158 Å². The fraction of sp³-hybridized carbons (Fsp3) is 0.444. The smallest absolute Gasteiger partial charge is 0.249 e. The van der Waals surface area contributed by atoms with E-state index in [1.165, 1.54) is 10.9 Å². The van der Waals surface area contributed by atoms with Gasteiger partial charge in [0.15, 0.2) is 5.78 Å². The van der Waals surface area contributed by atoms with Gasteiger partial charge in [-0.05, 0) is 12.8 Å². The van der Waals surface area contributed by atoms with Gasteiger partial charge in [-0.25, -0.2) is 8.42 Å². The standard InChI is InChI=1S/C18H22N4O4S/c1-21-13-19-20-18(21)27(25,26)15-9-11-22(12-10-15)17(24)8-7-16(23)14-5-3-2-4-6-14/h2-6,13,15H,7-12H2,1H3. The summed E-state index contributed by atoms with van der Waals surface area (Å²) in [6.07, 6.45) is 2.35. The number of hydrogen-bond acceptors (Lipinski definition) is 6. The van der Waals surface area contributed by atoms with E-state index in [1.807, 2.05) is 6.07 Å². The van der Waals surface area contributed by atoms with E-state index in [0.717, 1.165) is 0 Å². The molecule has 144 valence electrons. The van der Waals surface area contributed by atoms with Crippen molar-refractivity contribution >= 4 is 21.5 Å². The summed E-state index contributed by atoms with van der Waals surface area (Å²) in [4.78, 5) is 26.1. The van der Waals surface area contributed by atoms with E-state index in [0.29, 0.717) is 31.5 Å². The van der Waals surface area contributed by atoms with Crippen LogP contribution in [0.15, 0.2) is 41.8 Å². The van der Waals surface area contributed by atoms with Gasteiger partial charge in [-0.2, -0.15) is 0 Å². The van der Waals surface area contributed by atoms with E-state index in [2.05, 4.69) is 10.2 Å². The molecule has 0 unspecified atom stereocenters. The number of benzene rings is 1. The number of piperidine rings is 1. The molecule has 1 saturated heterocycles. The third kappa shape index (κ3) is 4.24. The predicted octanol–water partition coefficient (Wildman–Crippen LogP) is 1.24. The van der Waals surface area contributed by atoms with E-state index in [4.69, 9.17) is 0 Å². The van der Waals surface area contributed by atoms with Crippen LogP contribution < -0.4 is 0 Å². The second kappa shape index (κ2) is 7.99. The largest absolute Gasteiger partial charge is 0.343 e. The second-order valence-corrected chi connectivity index (χ2v) is 8.76. The first-order valence-corrected chi connectivity index (χ1v) is 10.4. The van der Waals surface area contributed by atoms with Gasteiger partial charge in [0, 0.05) is 38.5 Å². The zero-order chi connectivity index (χ0) is 19.4. The van der Waals surface area contributed by atoms with Crippen molar-refractivity contribution in [3.8, 4) is 0 Å². The molecule has 1 amide bonds. The van der Waals surface area contributed by atoms with Gasteiger partial charge in [-0.3, -0.25) is 9.59 Å². The molecule has 0 N–H and O–H groups in total. The van der Waals surface area contributed by atoms with Crippen molar-refractivity contribution in [1.29, 1.82) is 0 Å². The van der Waals surface area contributed by atoms with Crippen molar-refractivity contribution in [2.45, 2.75) is 36.1 Å². The lowest BCUT2D eigenvalue weighted by molar-refractivity contribution is -0.132. The third-order valence-corrected chi connectivity index (χ3v) is 7.05. The van der Waals surface area contributed by atoms with E-state index < -0.39 is 15.1 Å². The minimum atomic E-state index is -3.56. The fourth-order valence-electron chi connectivity index (χ4n) is 3.24. The molecule has 1 aliphatic heterocycles. The maximum absolute atomic E-state index is 12.6. The number of amides is 1. The summed E-state index contributed by atoms with van der Waals surface area (Å²) in [6, 6.07) is 8.88. The van der Waals surface area contributed by atoms with Gasteiger partial charge < -0.3 is 9.47 Å². The molecular formula is C18H22N4O4S. The number of ketones is 1. The van der Waals surface area contributed by atoms with Gasteiger partial charge in [0.25, 0.3) is 0 Å². The van der Waals surface area contributed by atoms with Crippen molar-refractivity contribution in [3.63, 3.8) is 0 Å². The van der Waals surface area contributed by atoms with E-state index in [1.54, 1.807) is 36.2 Å². The van der Waals surface area contributed by atoms with E-state index in [-0.39, 0.29) is 29.7 Å². The van der Waals surface area contributed by atoms with Gasteiger partial charge in [0.1, 0.15) is 6.33 Å². The Morgan fingerprint density at radius 2 is 1.78 bits per heavy atom. The van der Waals surface area contributed by atoms with Crippen molar-refractivity contribution in [2.24, 2.45) is 7.05 Å². The molecule has 0 bridgehead atoms. The van der Waals surface area contributed by atoms with Crippen LogP contribution in [-0.4, -0.2) is 58.1 Å². The number of aryl methyl sites for hydroxylation is 1. The molecule has 1 aromatic heterocycles. The summed E-state index contributed by atoms with van der Waals surface area (Å²) in [6.45, 7) is 0.722. The first-order chi connectivity index (χ1) is 12.9. The zero-order valence-electron chi connectivity index (χ0n) is 15.1. The first-order valence-electron chi connectivity index (χ1n) is 8.83. The van der Waals surface area contributed by atoms with Crippen LogP contribution in [0, 0.1) is 0 Å². The number of sulfone groups is 1. The van der Waals surface area contributed by atoms with Gasteiger partial charge in [0.05, 0.1) is 5.25 Å². The van der Waals surface area contributed by atoms with Crippen LogP contribution in [0.4, 0.5) is 0 Å². The Kier molecular flexibility index (Phi) is 5.69. The van der Waals surface area contributed by atoms with Crippen molar-refractivity contribution in [1.82, 2.24) is 19.7 Å². The number of carbonyl (C=O) groups is 2. The Balaban J connectivity index is 1.52. The molecule has 3 rings (SSSR count). The Morgan fingerprint density at radius 1 is 1.11 bits per heavy atom. The molecular weight excluding hydrogens is 368 g/mol. The Morgan fingerprint density at radius 3 is 2.37 bits per heavy atom. The minimum absolute atomic E-state index is 0.0410. The molecule has 0 aliphatic carbocycles. The minimum Gasteiger partial charge on any atom is -0.343 e. The molecule has 0 saturated carbocycles. The topological polar surface area (TPSA) is 102 Å². The highest BCUT2D eigenvalue weighted by molar-refractivity contribution is 7.91. The molecule has 0 spiro atoms. The van der Waals surface area contributed by atoms with Gasteiger partial charge in [-0.15, -0.1) is 10.2 Å². The number of aromatic nitrogens is 3. The highest BCUT2D eigenvalue weighted by Gasteiger charge is 2.35. The number of nitrogens with zero attached hydrogens (tertiary/aromatic N) is 4. The molecule has 2 heterocycles. The van der Waals surface area contributed by atoms with Crippen LogP contribution in [0.5, 0.6) is 0 Å². The molecule has 27 heavy (non-hydrogen) atoms. The Bertz CT molecular complexity index is 916. The SMILES string of the molecule is Cn1cnnc1S(=O)(=O)C1CCN(C(=O)CCC(=O)c2ccccc2)CC1. The maximum Gasteiger partial charge on any atom is 0.249 e. The van der Waals surface area contributed by atoms with Crippen LogP contribution in [-0.2, 0) is 21.7 Å². The predicted molar refractivity (Wildman–Crippen MR) is 97.8 cm³/mol. The van der Waals surface area contributed by atoms with Crippen molar-refractivity contribution in [2.75, 3.05) is 13.1 Å². The normalized spacial score (nSPS) is 15.7. The molecule has 1 aromatic carbocycles. The number of rotatable bonds is 6. The van der Waals surface area contributed by atoms with Crippen LogP contribution in [0.1, 0.15) is 36.0 Å². The summed E-state index contributed by atoms with van der Waals surface area (Å²) < 4.78 is 26.7.